The Morgan fingerprint density at radius 1 is 1.00 bits per heavy atom. The van der Waals surface area contributed by atoms with Crippen LogP contribution in [0.25, 0.3) is 0 Å². The predicted octanol–water partition coefficient (Wildman–Crippen LogP) is 3.76. The van der Waals surface area contributed by atoms with Crippen molar-refractivity contribution in [3.05, 3.63) is 71.9 Å². The molecule has 2 aromatic rings. The molecule has 0 radical (unpaired) electrons. The van der Waals surface area contributed by atoms with Crippen LogP contribution >= 0.6 is 0 Å². The Bertz CT molecular complexity index is 797. The highest BCUT2D eigenvalue weighted by atomic mass is 32.2. The van der Waals surface area contributed by atoms with Crippen LogP contribution < -0.4 is 9.91 Å². The van der Waals surface area contributed by atoms with Crippen LogP contribution in [-0.4, -0.2) is 23.0 Å². The van der Waals surface area contributed by atoms with Gasteiger partial charge in [0.15, 0.2) is 0 Å². The Kier molecular flexibility index (Phi) is 6.76. The molecular formula is C20H27NO2SSi. The topological polar surface area (TPSA) is 46.2 Å². The van der Waals surface area contributed by atoms with E-state index in [1.807, 2.05) is 25.1 Å². The Labute approximate surface area is 152 Å². The fraction of sp³-hybridized carbons (Fsp3) is 0.300. The van der Waals surface area contributed by atoms with Gasteiger partial charge >= 0.3 is 0 Å². The maximum Gasteiger partial charge on any atom is 0.240 e. The summed E-state index contributed by atoms with van der Waals surface area (Å²) in [5.41, 5.74) is 3.38. The Hall–Kier alpha value is -1.69. The molecular weight excluding hydrogens is 346 g/mol. The lowest BCUT2D eigenvalue weighted by Gasteiger charge is -2.18. The monoisotopic (exact) mass is 373 g/mol. The van der Waals surface area contributed by atoms with Crippen molar-refractivity contribution in [1.29, 1.82) is 0 Å². The molecule has 0 fully saturated rings. The van der Waals surface area contributed by atoms with Gasteiger partial charge in [-0.05, 0) is 31.9 Å². The number of rotatable bonds is 8. The molecule has 0 aliphatic rings. The van der Waals surface area contributed by atoms with E-state index in [-0.39, 0.29) is 0 Å². The quantitative estimate of drug-likeness (QED) is 0.566. The first-order valence-electron chi connectivity index (χ1n) is 8.61. The molecule has 0 atom stereocenters. The largest absolute Gasteiger partial charge is 0.240 e. The number of hydrogen-bond acceptors (Lipinski definition) is 2. The van der Waals surface area contributed by atoms with E-state index >= 15 is 0 Å². The van der Waals surface area contributed by atoms with Gasteiger partial charge in [0.1, 0.15) is 8.07 Å². The van der Waals surface area contributed by atoms with Gasteiger partial charge in [0.25, 0.3) is 0 Å². The highest BCUT2D eigenvalue weighted by Crippen LogP contribution is 2.10. The summed E-state index contributed by atoms with van der Waals surface area (Å²) < 4.78 is 27.1. The number of unbranched alkanes of at least 4 members (excludes halogenated alkanes) is 1. The molecule has 0 aliphatic carbocycles. The first-order valence-corrected chi connectivity index (χ1v) is 13.2. The number of allylic oxidation sites excluding steroid dienone is 1. The highest BCUT2D eigenvalue weighted by Gasteiger charge is 2.18. The van der Waals surface area contributed by atoms with Crippen molar-refractivity contribution in [2.24, 2.45) is 0 Å². The lowest BCUT2D eigenvalue weighted by Crippen LogP contribution is -2.39. The third kappa shape index (κ3) is 5.95. The van der Waals surface area contributed by atoms with E-state index in [9.17, 15) is 8.42 Å². The smallest absolute Gasteiger partial charge is 0.211 e. The van der Waals surface area contributed by atoms with E-state index in [2.05, 4.69) is 53.9 Å². The van der Waals surface area contributed by atoms with Gasteiger partial charge < -0.3 is 0 Å². The van der Waals surface area contributed by atoms with Crippen molar-refractivity contribution in [1.82, 2.24) is 4.72 Å². The SMILES string of the molecule is Cc1ccc(S(=O)(=O)NCCC/C=C/[Si](C)(C)c2ccccc2)cc1. The second kappa shape index (κ2) is 8.60. The van der Waals surface area contributed by atoms with Crippen molar-refractivity contribution >= 4 is 23.3 Å². The summed E-state index contributed by atoms with van der Waals surface area (Å²) in [4.78, 5) is 0.325. The van der Waals surface area contributed by atoms with Gasteiger partial charge in [-0.25, -0.2) is 13.1 Å². The minimum atomic E-state index is -3.40. The van der Waals surface area contributed by atoms with Crippen LogP contribution in [0.3, 0.4) is 0 Å². The fourth-order valence-electron chi connectivity index (χ4n) is 2.57. The zero-order chi connectivity index (χ0) is 18.3. The third-order valence-corrected chi connectivity index (χ3v) is 8.59. The van der Waals surface area contributed by atoms with E-state index in [1.54, 1.807) is 12.1 Å². The molecule has 0 saturated heterocycles. The van der Waals surface area contributed by atoms with E-state index < -0.39 is 18.1 Å². The standard InChI is InChI=1S/C20H27NO2SSi/c1-18-12-14-19(15-13-18)24(22,23)21-16-8-5-9-17-25(2,3)20-10-6-4-7-11-20/h4,6-7,9-15,17,21H,5,8,16H2,1-3H3/b17-9+. The molecule has 0 amide bonds. The first kappa shape index (κ1) is 19.6. The molecule has 2 aromatic carbocycles. The number of benzene rings is 2. The lowest BCUT2D eigenvalue weighted by atomic mass is 10.2. The van der Waals surface area contributed by atoms with Crippen LogP contribution in [-0.2, 0) is 10.0 Å². The molecule has 0 spiro atoms. The van der Waals surface area contributed by atoms with Crippen LogP contribution in [0.5, 0.6) is 0 Å². The predicted molar refractivity (Wildman–Crippen MR) is 108 cm³/mol. The number of sulfonamides is 1. The second-order valence-electron chi connectivity index (χ2n) is 6.84. The minimum Gasteiger partial charge on any atom is -0.211 e. The highest BCUT2D eigenvalue weighted by molar-refractivity contribution is 7.89. The maximum absolute atomic E-state index is 12.2. The van der Waals surface area contributed by atoms with Crippen LogP contribution in [0, 0.1) is 6.92 Å². The zero-order valence-electron chi connectivity index (χ0n) is 15.2. The van der Waals surface area contributed by atoms with Crippen molar-refractivity contribution < 1.29 is 8.42 Å². The molecule has 0 aliphatic heterocycles. The molecule has 0 aromatic heterocycles. The number of hydrogen-bond donors (Lipinski definition) is 1. The van der Waals surface area contributed by atoms with Gasteiger partial charge in [-0.3, -0.25) is 0 Å². The molecule has 134 valence electrons. The van der Waals surface area contributed by atoms with Gasteiger partial charge in [-0.1, -0.05) is 78.1 Å². The van der Waals surface area contributed by atoms with E-state index in [0.717, 1.165) is 18.4 Å². The van der Waals surface area contributed by atoms with Crippen molar-refractivity contribution in [3.8, 4) is 0 Å². The molecule has 5 heteroatoms. The number of nitrogens with one attached hydrogen (secondary N) is 1. The third-order valence-electron chi connectivity index (χ3n) is 4.22. The van der Waals surface area contributed by atoms with E-state index in [1.165, 1.54) is 5.19 Å². The van der Waals surface area contributed by atoms with Crippen molar-refractivity contribution in [2.75, 3.05) is 6.54 Å². The summed E-state index contributed by atoms with van der Waals surface area (Å²) in [7, 11) is -4.95. The average Bonchev–Trinajstić information content (AvgIpc) is 2.59. The summed E-state index contributed by atoms with van der Waals surface area (Å²) >= 11 is 0. The summed E-state index contributed by atoms with van der Waals surface area (Å²) in [6.07, 6.45) is 3.86. The fourth-order valence-corrected chi connectivity index (χ4v) is 5.64. The molecule has 0 saturated carbocycles. The van der Waals surface area contributed by atoms with E-state index in [4.69, 9.17) is 0 Å². The van der Waals surface area contributed by atoms with Gasteiger partial charge in [-0.15, -0.1) is 0 Å². The molecule has 2 rings (SSSR count). The Balaban J connectivity index is 1.80. The van der Waals surface area contributed by atoms with Gasteiger partial charge in [0.2, 0.25) is 10.0 Å². The number of aryl methyl sites for hydroxylation is 1. The maximum atomic E-state index is 12.2. The molecule has 25 heavy (non-hydrogen) atoms. The van der Waals surface area contributed by atoms with Crippen LogP contribution in [0.15, 0.2) is 71.3 Å². The summed E-state index contributed by atoms with van der Waals surface area (Å²) in [5, 5.41) is 1.41. The second-order valence-corrected chi connectivity index (χ2v) is 13.0. The molecule has 0 heterocycles. The summed E-state index contributed by atoms with van der Waals surface area (Å²) in [6, 6.07) is 17.5. The first-order chi connectivity index (χ1) is 11.8. The molecule has 0 unspecified atom stereocenters. The average molecular weight is 374 g/mol. The van der Waals surface area contributed by atoms with Crippen LogP contribution in [0.1, 0.15) is 18.4 Å². The lowest BCUT2D eigenvalue weighted by molar-refractivity contribution is 0.579. The van der Waals surface area contributed by atoms with Crippen LogP contribution in [0.4, 0.5) is 0 Å². The Morgan fingerprint density at radius 2 is 1.64 bits per heavy atom. The summed E-state index contributed by atoms with van der Waals surface area (Å²) in [6.45, 7) is 7.03. The Morgan fingerprint density at radius 3 is 2.28 bits per heavy atom. The van der Waals surface area contributed by atoms with Crippen molar-refractivity contribution in [2.45, 2.75) is 37.8 Å². The normalized spacial score (nSPS) is 12.6. The van der Waals surface area contributed by atoms with E-state index in [0.29, 0.717) is 11.4 Å². The van der Waals surface area contributed by atoms with Crippen LogP contribution in [0.2, 0.25) is 13.1 Å². The zero-order valence-corrected chi connectivity index (χ0v) is 17.0. The minimum absolute atomic E-state index is 0.325. The molecule has 3 nitrogen and oxygen atoms in total. The molecule has 1 N–H and O–H groups in total. The summed E-state index contributed by atoms with van der Waals surface area (Å²) in [5.74, 6) is 0. The van der Waals surface area contributed by atoms with Gasteiger partial charge in [-0.2, -0.15) is 0 Å². The molecule has 0 bridgehead atoms. The van der Waals surface area contributed by atoms with Crippen molar-refractivity contribution in [3.63, 3.8) is 0 Å². The van der Waals surface area contributed by atoms with Gasteiger partial charge in [0, 0.05) is 6.54 Å². The van der Waals surface area contributed by atoms with Gasteiger partial charge in [0.05, 0.1) is 4.90 Å².